The van der Waals surface area contributed by atoms with Crippen molar-refractivity contribution in [3.63, 3.8) is 0 Å². The largest absolute Gasteiger partial charge is 0.462 e. The van der Waals surface area contributed by atoms with Gasteiger partial charge in [-0.3, -0.25) is 4.68 Å². The van der Waals surface area contributed by atoms with E-state index >= 15 is 0 Å². The second-order valence-corrected chi connectivity index (χ2v) is 5.92. The average molecular weight is 294 g/mol. The number of rotatable bonds is 7. The Labute approximate surface area is 126 Å². The second kappa shape index (κ2) is 6.58. The summed E-state index contributed by atoms with van der Waals surface area (Å²) in [6.45, 7) is 3.74. The van der Waals surface area contributed by atoms with Crippen LogP contribution < -0.4 is 5.32 Å². The summed E-state index contributed by atoms with van der Waals surface area (Å²) in [5.41, 5.74) is 1.70. The van der Waals surface area contributed by atoms with E-state index in [1.807, 2.05) is 14.0 Å². The Morgan fingerprint density at radius 1 is 1.52 bits per heavy atom. The van der Waals surface area contributed by atoms with Gasteiger partial charge in [0.05, 0.1) is 18.5 Å². The molecule has 0 aromatic carbocycles. The molecule has 0 spiro atoms. The van der Waals surface area contributed by atoms with Crippen LogP contribution in [0.2, 0.25) is 0 Å². The number of hydrogen-bond acceptors (Lipinski definition) is 5. The van der Waals surface area contributed by atoms with Crippen molar-refractivity contribution >= 4 is 5.97 Å². The van der Waals surface area contributed by atoms with E-state index in [4.69, 9.17) is 4.74 Å². The number of ether oxygens (including phenoxy) is 1. The summed E-state index contributed by atoms with van der Waals surface area (Å²) in [5, 5.41) is 7.65. The lowest BCUT2D eigenvalue weighted by atomic mass is 9.75. The number of likely N-dealkylation sites (N-methyl/N-ethyl adjacent to an activating group) is 1. The number of aromatic nitrogens is 2. The van der Waals surface area contributed by atoms with Crippen LogP contribution in [0, 0.1) is 0 Å². The number of nitrogens with one attached hydrogen (secondary N) is 1. The molecule has 0 aliphatic heterocycles. The Hall–Kier alpha value is -1.40. The molecule has 6 nitrogen and oxygen atoms in total. The van der Waals surface area contributed by atoms with Gasteiger partial charge in [0.2, 0.25) is 0 Å². The Morgan fingerprint density at radius 2 is 2.24 bits per heavy atom. The third-order valence-corrected chi connectivity index (χ3v) is 4.54. The average Bonchev–Trinajstić information content (AvgIpc) is 2.74. The fraction of sp³-hybridized carbons (Fsp3) is 0.733. The lowest BCUT2D eigenvalue weighted by Crippen LogP contribution is -2.56. The Kier molecular flexibility index (Phi) is 5.00. The highest BCUT2D eigenvalue weighted by molar-refractivity contribution is 5.90. The molecule has 1 aliphatic rings. The summed E-state index contributed by atoms with van der Waals surface area (Å²) in [4.78, 5) is 14.2. The topological polar surface area (TPSA) is 59.4 Å². The van der Waals surface area contributed by atoms with Crippen LogP contribution in [0.1, 0.15) is 42.2 Å². The third-order valence-electron chi connectivity index (χ3n) is 4.54. The molecular weight excluding hydrogens is 268 g/mol. The van der Waals surface area contributed by atoms with Crippen molar-refractivity contribution in [1.29, 1.82) is 0 Å². The first-order valence-electron chi connectivity index (χ1n) is 7.56. The number of hydrogen-bond donors (Lipinski definition) is 1. The van der Waals surface area contributed by atoms with Crippen molar-refractivity contribution in [3.8, 4) is 0 Å². The molecule has 6 heteroatoms. The van der Waals surface area contributed by atoms with Gasteiger partial charge in [0, 0.05) is 25.7 Å². The molecule has 0 unspecified atom stereocenters. The molecule has 0 bridgehead atoms. The number of carbonyl (C=O) groups is 1. The van der Waals surface area contributed by atoms with E-state index in [2.05, 4.69) is 29.4 Å². The van der Waals surface area contributed by atoms with Crippen LogP contribution in [0.5, 0.6) is 0 Å². The minimum Gasteiger partial charge on any atom is -0.462 e. The summed E-state index contributed by atoms with van der Waals surface area (Å²) in [6, 6.07) is 0. The van der Waals surface area contributed by atoms with Gasteiger partial charge in [0.1, 0.15) is 5.56 Å². The van der Waals surface area contributed by atoms with Crippen LogP contribution in [0.4, 0.5) is 0 Å². The van der Waals surface area contributed by atoms with Gasteiger partial charge in [-0.15, -0.1) is 0 Å². The van der Waals surface area contributed by atoms with Gasteiger partial charge in [-0.1, -0.05) is 0 Å². The molecule has 0 saturated heterocycles. The maximum absolute atomic E-state index is 11.9. The maximum atomic E-state index is 11.9. The molecule has 21 heavy (non-hydrogen) atoms. The first-order chi connectivity index (χ1) is 10.00. The molecule has 1 aromatic rings. The minimum atomic E-state index is -0.298. The van der Waals surface area contributed by atoms with Gasteiger partial charge < -0.3 is 15.0 Å². The second-order valence-electron chi connectivity index (χ2n) is 5.92. The molecule has 2 rings (SSSR count). The monoisotopic (exact) mass is 294 g/mol. The highest BCUT2D eigenvalue weighted by atomic mass is 16.5. The van der Waals surface area contributed by atoms with Crippen LogP contribution in [0.15, 0.2) is 6.20 Å². The smallest absolute Gasteiger partial charge is 0.341 e. The molecule has 0 atom stereocenters. The number of nitrogens with zero attached hydrogens (tertiary/aromatic N) is 3. The first-order valence-corrected chi connectivity index (χ1v) is 7.56. The highest BCUT2D eigenvalue weighted by Gasteiger charge is 2.38. The zero-order valence-corrected chi connectivity index (χ0v) is 13.5. The van der Waals surface area contributed by atoms with E-state index in [1.165, 1.54) is 19.3 Å². The van der Waals surface area contributed by atoms with Gasteiger partial charge in [-0.2, -0.15) is 5.10 Å². The lowest BCUT2D eigenvalue weighted by Gasteiger charge is -2.47. The zero-order valence-electron chi connectivity index (χ0n) is 13.5. The van der Waals surface area contributed by atoms with Gasteiger partial charge >= 0.3 is 5.97 Å². The Balaban J connectivity index is 1.97. The predicted octanol–water partition coefficient (Wildman–Crippen LogP) is 1.17. The van der Waals surface area contributed by atoms with E-state index in [0.29, 0.717) is 18.7 Å². The molecule has 0 radical (unpaired) electrons. The lowest BCUT2D eigenvalue weighted by molar-refractivity contribution is 0.0523. The summed E-state index contributed by atoms with van der Waals surface area (Å²) in [6.07, 6.45) is 5.33. The van der Waals surface area contributed by atoms with Crippen LogP contribution in [0.25, 0.3) is 0 Å². The molecule has 0 amide bonds. The van der Waals surface area contributed by atoms with Crippen molar-refractivity contribution in [3.05, 3.63) is 17.5 Å². The maximum Gasteiger partial charge on any atom is 0.341 e. The summed E-state index contributed by atoms with van der Waals surface area (Å²) in [7, 11) is 6.12. The summed E-state index contributed by atoms with van der Waals surface area (Å²) < 4.78 is 6.81. The molecule has 118 valence electrons. The quantitative estimate of drug-likeness (QED) is 0.765. The Morgan fingerprint density at radius 3 is 2.76 bits per heavy atom. The third kappa shape index (κ3) is 3.27. The number of carbonyl (C=O) groups excluding carboxylic acids is 1. The van der Waals surface area contributed by atoms with E-state index < -0.39 is 0 Å². The van der Waals surface area contributed by atoms with E-state index in [-0.39, 0.29) is 11.5 Å². The van der Waals surface area contributed by atoms with E-state index in [0.717, 1.165) is 12.2 Å². The van der Waals surface area contributed by atoms with Gasteiger partial charge in [-0.05, 0) is 40.3 Å². The molecular formula is C15H26N4O2. The van der Waals surface area contributed by atoms with Crippen LogP contribution in [0.3, 0.4) is 0 Å². The van der Waals surface area contributed by atoms with Crippen molar-refractivity contribution < 1.29 is 9.53 Å². The first kappa shape index (κ1) is 16.0. The molecule has 1 aromatic heterocycles. The summed E-state index contributed by atoms with van der Waals surface area (Å²) >= 11 is 0. The van der Waals surface area contributed by atoms with Crippen molar-refractivity contribution in [2.75, 3.05) is 27.2 Å². The standard InChI is InChI=1S/C15H26N4O2/c1-5-21-14(20)12-9-17-19(4)13(12)10-16-11-15(18(2)3)7-6-8-15/h9,16H,5-8,10-11H2,1-4H3. The predicted molar refractivity (Wildman–Crippen MR) is 81.1 cm³/mol. The number of esters is 1. The fourth-order valence-electron chi connectivity index (χ4n) is 2.83. The number of aryl methyl sites for hydroxylation is 1. The summed E-state index contributed by atoms with van der Waals surface area (Å²) in [5.74, 6) is -0.298. The van der Waals surface area contributed by atoms with Crippen LogP contribution >= 0.6 is 0 Å². The van der Waals surface area contributed by atoms with Gasteiger partial charge in [0.25, 0.3) is 0 Å². The van der Waals surface area contributed by atoms with Gasteiger partial charge in [0.15, 0.2) is 0 Å². The van der Waals surface area contributed by atoms with Crippen LogP contribution in [-0.2, 0) is 18.3 Å². The molecule has 1 aliphatic carbocycles. The van der Waals surface area contributed by atoms with Crippen molar-refractivity contribution in [2.45, 2.75) is 38.3 Å². The fourth-order valence-corrected chi connectivity index (χ4v) is 2.83. The van der Waals surface area contributed by atoms with E-state index in [1.54, 1.807) is 10.9 Å². The van der Waals surface area contributed by atoms with E-state index in [9.17, 15) is 4.79 Å². The minimum absolute atomic E-state index is 0.267. The van der Waals surface area contributed by atoms with Crippen molar-refractivity contribution in [2.24, 2.45) is 7.05 Å². The molecule has 1 saturated carbocycles. The van der Waals surface area contributed by atoms with Gasteiger partial charge in [-0.25, -0.2) is 4.79 Å². The van der Waals surface area contributed by atoms with Crippen LogP contribution in [-0.4, -0.2) is 53.4 Å². The molecule has 1 N–H and O–H groups in total. The normalized spacial score (nSPS) is 16.8. The molecule has 1 heterocycles. The Bertz CT molecular complexity index is 492. The SMILES string of the molecule is CCOC(=O)c1cnn(C)c1CNCC1(N(C)C)CCC1. The van der Waals surface area contributed by atoms with Crippen molar-refractivity contribution in [1.82, 2.24) is 20.0 Å². The highest BCUT2D eigenvalue weighted by Crippen LogP contribution is 2.35. The molecule has 1 fully saturated rings. The zero-order chi connectivity index (χ0) is 15.5.